The van der Waals surface area contributed by atoms with Crippen molar-refractivity contribution in [3.63, 3.8) is 0 Å². The molecule has 0 fully saturated rings. The number of aromatic carboxylic acids is 1. The SMILES string of the molecule is C=C(Br)CNc1cc(OC)ccc1C(=O)O. The van der Waals surface area contributed by atoms with Gasteiger partial charge in [0, 0.05) is 17.1 Å². The average Bonchev–Trinajstić information content (AvgIpc) is 2.25. The molecule has 86 valence electrons. The molecule has 0 atom stereocenters. The summed E-state index contributed by atoms with van der Waals surface area (Å²) in [6.07, 6.45) is 0. The lowest BCUT2D eigenvalue weighted by atomic mass is 10.1. The van der Waals surface area contributed by atoms with E-state index in [9.17, 15) is 4.79 Å². The molecule has 0 aromatic heterocycles. The van der Waals surface area contributed by atoms with Crippen molar-refractivity contribution in [1.82, 2.24) is 0 Å². The highest BCUT2D eigenvalue weighted by Gasteiger charge is 2.10. The van der Waals surface area contributed by atoms with Crippen LogP contribution in [0.3, 0.4) is 0 Å². The monoisotopic (exact) mass is 285 g/mol. The van der Waals surface area contributed by atoms with Gasteiger partial charge in [-0.2, -0.15) is 0 Å². The first-order chi connectivity index (χ1) is 7.54. The van der Waals surface area contributed by atoms with E-state index in [1.165, 1.54) is 13.2 Å². The smallest absolute Gasteiger partial charge is 0.337 e. The second kappa shape index (κ2) is 5.55. The van der Waals surface area contributed by atoms with Gasteiger partial charge in [0.25, 0.3) is 0 Å². The normalized spacial score (nSPS) is 9.62. The van der Waals surface area contributed by atoms with Crippen molar-refractivity contribution in [1.29, 1.82) is 0 Å². The second-order valence-electron chi connectivity index (χ2n) is 3.09. The molecule has 0 saturated heterocycles. The van der Waals surface area contributed by atoms with Gasteiger partial charge in [0.15, 0.2) is 0 Å². The Morgan fingerprint density at radius 1 is 1.62 bits per heavy atom. The summed E-state index contributed by atoms with van der Waals surface area (Å²) in [6.45, 7) is 4.11. The summed E-state index contributed by atoms with van der Waals surface area (Å²) >= 11 is 3.19. The lowest BCUT2D eigenvalue weighted by molar-refractivity contribution is 0.0698. The summed E-state index contributed by atoms with van der Waals surface area (Å²) in [7, 11) is 1.53. The maximum Gasteiger partial charge on any atom is 0.337 e. The summed E-state index contributed by atoms with van der Waals surface area (Å²) in [5.41, 5.74) is 0.710. The molecule has 5 heteroatoms. The molecule has 0 radical (unpaired) electrons. The van der Waals surface area contributed by atoms with E-state index in [0.717, 1.165) is 4.48 Å². The maximum absolute atomic E-state index is 11.0. The van der Waals surface area contributed by atoms with Crippen LogP contribution in [-0.4, -0.2) is 24.7 Å². The number of hydrogen-bond acceptors (Lipinski definition) is 3. The Morgan fingerprint density at radius 2 is 2.31 bits per heavy atom. The molecule has 0 aliphatic carbocycles. The highest BCUT2D eigenvalue weighted by molar-refractivity contribution is 9.11. The van der Waals surface area contributed by atoms with Crippen LogP contribution in [0.5, 0.6) is 5.75 Å². The van der Waals surface area contributed by atoms with Gasteiger partial charge in [0.1, 0.15) is 5.75 Å². The molecule has 0 bridgehead atoms. The van der Waals surface area contributed by atoms with E-state index in [0.29, 0.717) is 18.0 Å². The number of rotatable bonds is 5. The van der Waals surface area contributed by atoms with Gasteiger partial charge in [0.2, 0.25) is 0 Å². The van der Waals surface area contributed by atoms with E-state index in [-0.39, 0.29) is 5.56 Å². The molecular formula is C11H12BrNO3. The topological polar surface area (TPSA) is 58.6 Å². The van der Waals surface area contributed by atoms with Crippen molar-refractivity contribution >= 4 is 27.6 Å². The third-order valence-electron chi connectivity index (χ3n) is 1.93. The molecule has 2 N–H and O–H groups in total. The first-order valence-corrected chi connectivity index (χ1v) is 5.32. The van der Waals surface area contributed by atoms with Crippen LogP contribution in [-0.2, 0) is 0 Å². The van der Waals surface area contributed by atoms with Crippen molar-refractivity contribution < 1.29 is 14.6 Å². The van der Waals surface area contributed by atoms with Crippen molar-refractivity contribution in [2.24, 2.45) is 0 Å². The first kappa shape index (κ1) is 12.6. The summed E-state index contributed by atoms with van der Waals surface area (Å²) in [4.78, 5) is 11.0. The summed E-state index contributed by atoms with van der Waals surface area (Å²) in [5.74, 6) is -0.377. The fourth-order valence-electron chi connectivity index (χ4n) is 1.17. The lowest BCUT2D eigenvalue weighted by Gasteiger charge is -2.10. The predicted molar refractivity (Wildman–Crippen MR) is 66.5 cm³/mol. The van der Waals surface area contributed by atoms with Crippen LogP contribution >= 0.6 is 15.9 Å². The van der Waals surface area contributed by atoms with Gasteiger partial charge in [-0.05, 0) is 12.1 Å². The van der Waals surface area contributed by atoms with E-state index < -0.39 is 5.97 Å². The molecule has 1 rings (SSSR count). The third-order valence-corrected chi connectivity index (χ3v) is 2.21. The van der Waals surface area contributed by atoms with E-state index in [1.807, 2.05) is 0 Å². The molecule has 1 aromatic rings. The quantitative estimate of drug-likeness (QED) is 0.873. The average molecular weight is 286 g/mol. The molecule has 0 spiro atoms. The minimum atomic E-state index is -0.981. The van der Waals surface area contributed by atoms with Crippen molar-refractivity contribution in [2.45, 2.75) is 0 Å². The molecule has 0 amide bonds. The third kappa shape index (κ3) is 3.27. The zero-order valence-electron chi connectivity index (χ0n) is 8.79. The van der Waals surface area contributed by atoms with Gasteiger partial charge in [-0.1, -0.05) is 22.5 Å². The number of nitrogens with one attached hydrogen (secondary N) is 1. The molecule has 0 unspecified atom stereocenters. The number of methoxy groups -OCH3 is 1. The Bertz CT molecular complexity index is 418. The van der Waals surface area contributed by atoms with Crippen molar-refractivity contribution in [2.75, 3.05) is 19.0 Å². The van der Waals surface area contributed by atoms with Crippen LogP contribution in [0, 0.1) is 0 Å². The fraction of sp³-hybridized carbons (Fsp3) is 0.182. The van der Waals surface area contributed by atoms with Gasteiger partial charge < -0.3 is 15.2 Å². The Kier molecular flexibility index (Phi) is 4.37. The van der Waals surface area contributed by atoms with Gasteiger partial charge in [0.05, 0.1) is 18.4 Å². The number of anilines is 1. The molecule has 16 heavy (non-hydrogen) atoms. The lowest BCUT2D eigenvalue weighted by Crippen LogP contribution is -2.07. The highest BCUT2D eigenvalue weighted by atomic mass is 79.9. The molecule has 0 aliphatic rings. The van der Waals surface area contributed by atoms with Crippen molar-refractivity contribution in [3.8, 4) is 5.75 Å². The van der Waals surface area contributed by atoms with Crippen LogP contribution in [0.15, 0.2) is 29.3 Å². The van der Waals surface area contributed by atoms with Gasteiger partial charge >= 0.3 is 5.97 Å². The molecule has 0 heterocycles. The van der Waals surface area contributed by atoms with E-state index in [2.05, 4.69) is 27.8 Å². The Labute approximate surface area is 102 Å². The fourth-order valence-corrected chi connectivity index (χ4v) is 1.31. The van der Waals surface area contributed by atoms with E-state index in [4.69, 9.17) is 9.84 Å². The van der Waals surface area contributed by atoms with Crippen LogP contribution in [0.2, 0.25) is 0 Å². The van der Waals surface area contributed by atoms with Crippen LogP contribution in [0.1, 0.15) is 10.4 Å². The molecule has 4 nitrogen and oxygen atoms in total. The van der Waals surface area contributed by atoms with Crippen LogP contribution in [0.4, 0.5) is 5.69 Å². The standard InChI is InChI=1S/C11H12BrNO3/c1-7(12)6-13-10-5-8(16-2)3-4-9(10)11(14)15/h3-5,13H,1,6H2,2H3,(H,14,15). The van der Waals surface area contributed by atoms with Crippen LogP contribution in [0.25, 0.3) is 0 Å². The maximum atomic E-state index is 11.0. The minimum Gasteiger partial charge on any atom is -0.497 e. The molecule has 0 aliphatic heterocycles. The number of benzene rings is 1. The number of carboxylic acid groups (broad SMARTS) is 1. The summed E-state index contributed by atoms with van der Waals surface area (Å²) in [5, 5.41) is 11.9. The van der Waals surface area contributed by atoms with Gasteiger partial charge in [-0.3, -0.25) is 0 Å². The molecular weight excluding hydrogens is 274 g/mol. The second-order valence-corrected chi connectivity index (χ2v) is 4.21. The number of carboxylic acids is 1. The summed E-state index contributed by atoms with van der Waals surface area (Å²) < 4.78 is 5.77. The predicted octanol–water partition coefficient (Wildman–Crippen LogP) is 2.71. The molecule has 1 aromatic carbocycles. The zero-order valence-corrected chi connectivity index (χ0v) is 10.4. The highest BCUT2D eigenvalue weighted by Crippen LogP contribution is 2.23. The van der Waals surface area contributed by atoms with E-state index in [1.54, 1.807) is 12.1 Å². The minimum absolute atomic E-state index is 0.203. The number of ether oxygens (including phenoxy) is 1. The Morgan fingerprint density at radius 3 is 2.81 bits per heavy atom. The number of carbonyl (C=O) groups is 1. The Hall–Kier alpha value is -1.49. The van der Waals surface area contributed by atoms with E-state index >= 15 is 0 Å². The van der Waals surface area contributed by atoms with Gasteiger partial charge in [-0.25, -0.2) is 4.79 Å². The Balaban J connectivity index is 3.00. The summed E-state index contributed by atoms with van der Waals surface area (Å²) in [6, 6.07) is 4.75. The number of hydrogen-bond donors (Lipinski definition) is 2. The van der Waals surface area contributed by atoms with Gasteiger partial charge in [-0.15, -0.1) is 0 Å². The number of halogens is 1. The molecule has 0 saturated carbocycles. The first-order valence-electron chi connectivity index (χ1n) is 4.53. The van der Waals surface area contributed by atoms with Crippen LogP contribution < -0.4 is 10.1 Å². The van der Waals surface area contributed by atoms with Crippen molar-refractivity contribution in [3.05, 3.63) is 34.8 Å². The largest absolute Gasteiger partial charge is 0.497 e. The zero-order chi connectivity index (χ0) is 12.1.